The molecule has 0 saturated carbocycles. The van der Waals surface area contributed by atoms with E-state index in [1.807, 2.05) is 18.2 Å². The molecule has 1 aromatic heterocycles. The molecule has 158 valence electrons. The van der Waals surface area contributed by atoms with Gasteiger partial charge in [0.2, 0.25) is 11.8 Å². The summed E-state index contributed by atoms with van der Waals surface area (Å²) in [5, 5.41) is 5.70. The molecule has 8 nitrogen and oxygen atoms in total. The highest BCUT2D eigenvalue weighted by Crippen LogP contribution is 2.27. The zero-order valence-corrected chi connectivity index (χ0v) is 16.8. The van der Waals surface area contributed by atoms with E-state index in [9.17, 15) is 9.59 Å². The summed E-state index contributed by atoms with van der Waals surface area (Å²) in [7, 11) is 0. The van der Waals surface area contributed by atoms with Crippen molar-refractivity contribution in [2.24, 2.45) is 0 Å². The van der Waals surface area contributed by atoms with Gasteiger partial charge in [-0.15, -0.1) is 0 Å². The molecule has 31 heavy (non-hydrogen) atoms. The molecule has 2 aromatic carbocycles. The van der Waals surface area contributed by atoms with Gasteiger partial charge in [0.25, 0.3) is 0 Å². The molecule has 0 atom stereocenters. The molecule has 1 aliphatic rings. The predicted octanol–water partition coefficient (Wildman–Crippen LogP) is 3.95. The van der Waals surface area contributed by atoms with Gasteiger partial charge in [-0.1, -0.05) is 0 Å². The van der Waals surface area contributed by atoms with Crippen molar-refractivity contribution >= 4 is 23.2 Å². The topological polar surface area (TPSA) is 102 Å². The average molecular weight is 418 g/mol. The van der Waals surface area contributed by atoms with Gasteiger partial charge in [-0.25, -0.2) is 9.97 Å². The molecule has 0 bridgehead atoms. The van der Waals surface area contributed by atoms with Crippen LogP contribution >= 0.6 is 0 Å². The van der Waals surface area contributed by atoms with Gasteiger partial charge in [0.15, 0.2) is 0 Å². The number of anilines is 2. The highest BCUT2D eigenvalue weighted by atomic mass is 16.5. The van der Waals surface area contributed by atoms with E-state index in [4.69, 9.17) is 9.47 Å². The minimum Gasteiger partial charge on any atom is -0.494 e. The number of nitrogens with zero attached hydrogens (tertiary/aromatic N) is 2. The van der Waals surface area contributed by atoms with Gasteiger partial charge in [-0.05, 0) is 66.9 Å². The first kappa shape index (κ1) is 20.3. The largest absolute Gasteiger partial charge is 0.494 e. The normalized spacial score (nSPS) is 12.5. The van der Waals surface area contributed by atoms with Gasteiger partial charge in [0.05, 0.1) is 6.61 Å². The second kappa shape index (κ2) is 9.71. The third-order valence-corrected chi connectivity index (χ3v) is 4.68. The second-order valence-electron chi connectivity index (χ2n) is 7.03. The summed E-state index contributed by atoms with van der Waals surface area (Å²) in [6.07, 6.45) is 5.34. The molecule has 0 aliphatic carbocycles. The summed E-state index contributed by atoms with van der Waals surface area (Å²) in [5.41, 5.74) is 2.60. The van der Waals surface area contributed by atoms with E-state index in [-0.39, 0.29) is 17.8 Å². The van der Waals surface area contributed by atoms with E-state index in [2.05, 4.69) is 20.6 Å². The van der Waals surface area contributed by atoms with Gasteiger partial charge in [0, 0.05) is 36.6 Å². The predicted molar refractivity (Wildman–Crippen MR) is 115 cm³/mol. The zero-order chi connectivity index (χ0) is 21.5. The van der Waals surface area contributed by atoms with Gasteiger partial charge < -0.3 is 20.1 Å². The number of nitrogens with one attached hydrogen (secondary N) is 2. The first-order valence-electron chi connectivity index (χ1n) is 10.1. The van der Waals surface area contributed by atoms with Crippen LogP contribution in [0.2, 0.25) is 0 Å². The summed E-state index contributed by atoms with van der Waals surface area (Å²) >= 11 is 0. The van der Waals surface area contributed by atoms with E-state index in [1.54, 1.807) is 42.7 Å². The minimum atomic E-state index is -0.0863. The Morgan fingerprint density at radius 3 is 2.61 bits per heavy atom. The number of ether oxygens (including phenoxy) is 2. The number of hydrogen-bond donors (Lipinski definition) is 2. The Kier molecular flexibility index (Phi) is 6.37. The summed E-state index contributed by atoms with van der Waals surface area (Å²) in [4.78, 5) is 31.6. The molecular formula is C23H22N4O4. The van der Waals surface area contributed by atoms with Crippen LogP contribution in [0.1, 0.15) is 24.8 Å². The molecule has 0 radical (unpaired) electrons. The van der Waals surface area contributed by atoms with Crippen LogP contribution in [-0.4, -0.2) is 28.4 Å². The van der Waals surface area contributed by atoms with Crippen molar-refractivity contribution in [3.05, 3.63) is 66.5 Å². The third kappa shape index (κ3) is 5.79. The number of fused-ring (bicyclic) bond motifs is 1. The van der Waals surface area contributed by atoms with E-state index in [0.717, 1.165) is 17.0 Å². The van der Waals surface area contributed by atoms with Crippen LogP contribution in [0.4, 0.5) is 11.4 Å². The van der Waals surface area contributed by atoms with Gasteiger partial charge >= 0.3 is 6.01 Å². The SMILES string of the molecule is O=C(CCCOc1ccc2c(c1)CCC(=O)N2)Nc1ccc(Oc2ncccn2)cc1. The van der Waals surface area contributed by atoms with Gasteiger partial charge in [-0.2, -0.15) is 0 Å². The van der Waals surface area contributed by atoms with Crippen molar-refractivity contribution in [2.75, 3.05) is 17.2 Å². The fourth-order valence-corrected chi connectivity index (χ4v) is 3.15. The quantitative estimate of drug-likeness (QED) is 0.537. The number of hydrogen-bond acceptors (Lipinski definition) is 6. The molecule has 0 saturated heterocycles. The lowest BCUT2D eigenvalue weighted by Crippen LogP contribution is -2.18. The zero-order valence-electron chi connectivity index (χ0n) is 16.8. The van der Waals surface area contributed by atoms with Crippen LogP contribution in [0.5, 0.6) is 17.5 Å². The lowest BCUT2D eigenvalue weighted by atomic mass is 10.0. The maximum atomic E-state index is 12.2. The highest BCUT2D eigenvalue weighted by Gasteiger charge is 2.15. The van der Waals surface area contributed by atoms with E-state index in [0.29, 0.717) is 43.7 Å². The lowest BCUT2D eigenvalue weighted by Gasteiger charge is -2.17. The molecule has 0 spiro atoms. The van der Waals surface area contributed by atoms with Crippen LogP contribution in [-0.2, 0) is 16.0 Å². The number of carbonyl (C=O) groups excluding carboxylic acids is 2. The van der Waals surface area contributed by atoms with Crippen molar-refractivity contribution in [1.82, 2.24) is 9.97 Å². The van der Waals surface area contributed by atoms with Crippen molar-refractivity contribution in [3.8, 4) is 17.5 Å². The molecule has 2 heterocycles. The minimum absolute atomic E-state index is 0.0413. The number of aryl methyl sites for hydroxylation is 1. The Bertz CT molecular complexity index is 1050. The van der Waals surface area contributed by atoms with E-state index in [1.165, 1.54) is 0 Å². The van der Waals surface area contributed by atoms with Crippen LogP contribution in [0.15, 0.2) is 60.9 Å². The maximum absolute atomic E-state index is 12.2. The summed E-state index contributed by atoms with van der Waals surface area (Å²) in [6.45, 7) is 0.433. The molecule has 0 fully saturated rings. The summed E-state index contributed by atoms with van der Waals surface area (Å²) < 4.78 is 11.3. The van der Waals surface area contributed by atoms with Crippen LogP contribution in [0.3, 0.4) is 0 Å². The standard InChI is InChI=1S/C23H22N4O4/c28-21(26-17-5-7-18(8-6-17)31-23-24-12-2-13-25-23)3-1-14-30-19-9-10-20-16(15-19)4-11-22(29)27-20/h2,5-10,12-13,15H,1,3-4,11,14H2,(H,26,28)(H,27,29). The third-order valence-electron chi connectivity index (χ3n) is 4.68. The van der Waals surface area contributed by atoms with E-state index < -0.39 is 0 Å². The van der Waals surface area contributed by atoms with Crippen molar-refractivity contribution in [1.29, 1.82) is 0 Å². The number of benzene rings is 2. The lowest BCUT2D eigenvalue weighted by molar-refractivity contribution is -0.117. The molecule has 1 aliphatic heterocycles. The monoisotopic (exact) mass is 418 g/mol. The Morgan fingerprint density at radius 2 is 1.81 bits per heavy atom. The Morgan fingerprint density at radius 1 is 1.03 bits per heavy atom. The molecule has 8 heteroatoms. The molecule has 2 N–H and O–H groups in total. The number of aromatic nitrogens is 2. The maximum Gasteiger partial charge on any atom is 0.321 e. The van der Waals surface area contributed by atoms with E-state index >= 15 is 0 Å². The van der Waals surface area contributed by atoms with Crippen LogP contribution in [0.25, 0.3) is 0 Å². The smallest absolute Gasteiger partial charge is 0.321 e. The Balaban J connectivity index is 1.19. The second-order valence-corrected chi connectivity index (χ2v) is 7.03. The number of rotatable bonds is 8. The molecule has 2 amide bonds. The van der Waals surface area contributed by atoms with Crippen LogP contribution in [0, 0.1) is 0 Å². The van der Waals surface area contributed by atoms with Crippen molar-refractivity contribution in [3.63, 3.8) is 0 Å². The molecule has 4 rings (SSSR count). The average Bonchev–Trinajstić information content (AvgIpc) is 2.79. The summed E-state index contributed by atoms with van der Waals surface area (Å²) in [6, 6.07) is 14.6. The van der Waals surface area contributed by atoms with Crippen LogP contribution < -0.4 is 20.1 Å². The molecule has 3 aromatic rings. The number of amides is 2. The fraction of sp³-hybridized carbons (Fsp3) is 0.217. The summed E-state index contributed by atoms with van der Waals surface area (Å²) in [5.74, 6) is 1.28. The van der Waals surface area contributed by atoms with Crippen molar-refractivity contribution in [2.45, 2.75) is 25.7 Å². The molecular weight excluding hydrogens is 396 g/mol. The highest BCUT2D eigenvalue weighted by molar-refractivity contribution is 5.94. The Hall–Kier alpha value is -3.94. The molecule has 0 unspecified atom stereocenters. The first-order valence-corrected chi connectivity index (χ1v) is 10.1. The van der Waals surface area contributed by atoms with Gasteiger partial charge in [0.1, 0.15) is 11.5 Å². The Labute approximate surface area is 179 Å². The fourth-order valence-electron chi connectivity index (χ4n) is 3.15. The first-order chi connectivity index (χ1) is 15.2. The number of carbonyl (C=O) groups is 2. The van der Waals surface area contributed by atoms with Gasteiger partial charge in [-0.3, -0.25) is 9.59 Å². The van der Waals surface area contributed by atoms with Crippen molar-refractivity contribution < 1.29 is 19.1 Å².